The highest BCUT2D eigenvalue weighted by Gasteiger charge is 2.35. The van der Waals surface area contributed by atoms with Crippen LogP contribution in [0.25, 0.3) is 0 Å². The Morgan fingerprint density at radius 3 is 2.48 bits per heavy atom. The maximum Gasteiger partial charge on any atom is 0.227 e. The molecule has 2 atom stereocenters. The van der Waals surface area contributed by atoms with Crippen LogP contribution in [-0.4, -0.2) is 31.6 Å². The molecule has 154 valence electrons. The van der Waals surface area contributed by atoms with Gasteiger partial charge in [-0.15, -0.1) is 0 Å². The van der Waals surface area contributed by atoms with Crippen LogP contribution in [0.15, 0.2) is 48.5 Å². The van der Waals surface area contributed by atoms with Gasteiger partial charge in [-0.05, 0) is 50.6 Å². The quantitative estimate of drug-likeness (QED) is 0.739. The number of carbonyl (C=O) groups excluding carboxylic acids is 2. The lowest BCUT2D eigenvalue weighted by Crippen LogP contribution is -2.34. The van der Waals surface area contributed by atoms with E-state index in [1.54, 1.807) is 4.90 Å². The van der Waals surface area contributed by atoms with Gasteiger partial charge in [0.15, 0.2) is 11.5 Å². The summed E-state index contributed by atoms with van der Waals surface area (Å²) in [6.07, 6.45) is 0.223. The Bertz CT molecular complexity index is 853. The van der Waals surface area contributed by atoms with Crippen LogP contribution in [-0.2, 0) is 9.59 Å². The highest BCUT2D eigenvalue weighted by atomic mass is 16.5. The summed E-state index contributed by atoms with van der Waals surface area (Å²) >= 11 is 0. The molecule has 2 aromatic carbocycles. The van der Waals surface area contributed by atoms with Crippen LogP contribution in [0.2, 0.25) is 0 Å². The van der Waals surface area contributed by atoms with E-state index < -0.39 is 0 Å². The van der Waals surface area contributed by atoms with E-state index in [1.165, 1.54) is 0 Å². The number of benzene rings is 2. The highest BCUT2D eigenvalue weighted by molar-refractivity contribution is 6.00. The fourth-order valence-electron chi connectivity index (χ4n) is 3.49. The summed E-state index contributed by atoms with van der Waals surface area (Å²) in [7, 11) is 0. The van der Waals surface area contributed by atoms with Crippen molar-refractivity contribution in [2.75, 3.05) is 24.7 Å². The molecule has 29 heavy (non-hydrogen) atoms. The van der Waals surface area contributed by atoms with Gasteiger partial charge in [-0.2, -0.15) is 0 Å². The first-order chi connectivity index (χ1) is 14.0. The number of carbonyl (C=O) groups is 2. The average molecular weight is 396 g/mol. The Labute approximate surface area is 171 Å². The van der Waals surface area contributed by atoms with Gasteiger partial charge in [0.2, 0.25) is 11.8 Å². The topological polar surface area (TPSA) is 67.9 Å². The smallest absolute Gasteiger partial charge is 0.227 e. The first kappa shape index (κ1) is 20.7. The van der Waals surface area contributed by atoms with Gasteiger partial charge < -0.3 is 19.7 Å². The molecule has 2 unspecified atom stereocenters. The summed E-state index contributed by atoms with van der Waals surface area (Å²) in [5.74, 6) is 0.856. The van der Waals surface area contributed by atoms with Crippen LogP contribution in [0.5, 0.6) is 11.5 Å². The van der Waals surface area contributed by atoms with Crippen LogP contribution in [0, 0.1) is 5.92 Å². The van der Waals surface area contributed by atoms with Crippen molar-refractivity contribution in [3.05, 3.63) is 54.1 Å². The van der Waals surface area contributed by atoms with Crippen molar-refractivity contribution in [2.45, 2.75) is 33.2 Å². The predicted molar refractivity (Wildman–Crippen MR) is 112 cm³/mol. The second kappa shape index (κ2) is 9.45. The monoisotopic (exact) mass is 396 g/mol. The first-order valence-electron chi connectivity index (χ1n) is 10.1. The van der Waals surface area contributed by atoms with Gasteiger partial charge in [0, 0.05) is 18.7 Å². The van der Waals surface area contributed by atoms with E-state index in [0.29, 0.717) is 31.3 Å². The molecule has 1 N–H and O–H groups in total. The summed E-state index contributed by atoms with van der Waals surface area (Å²) in [5.41, 5.74) is 1.75. The van der Waals surface area contributed by atoms with Crippen molar-refractivity contribution >= 4 is 17.5 Å². The maximum absolute atomic E-state index is 12.8. The molecule has 1 aliphatic heterocycles. The number of para-hydroxylation sites is 1. The van der Waals surface area contributed by atoms with Crippen LogP contribution in [0.1, 0.15) is 38.8 Å². The third-order valence-electron chi connectivity index (χ3n) is 4.99. The molecule has 1 saturated heterocycles. The number of nitrogens with zero attached hydrogens (tertiary/aromatic N) is 1. The molecular weight excluding hydrogens is 368 g/mol. The summed E-state index contributed by atoms with van der Waals surface area (Å²) in [6.45, 7) is 7.25. The van der Waals surface area contributed by atoms with Gasteiger partial charge >= 0.3 is 0 Å². The van der Waals surface area contributed by atoms with Crippen molar-refractivity contribution in [3.8, 4) is 11.5 Å². The van der Waals surface area contributed by atoms with Crippen molar-refractivity contribution in [2.24, 2.45) is 5.92 Å². The Morgan fingerprint density at radius 1 is 1.10 bits per heavy atom. The minimum atomic E-state index is -0.362. The third kappa shape index (κ3) is 4.88. The Balaban J connectivity index is 1.66. The van der Waals surface area contributed by atoms with Crippen molar-refractivity contribution < 1.29 is 19.1 Å². The average Bonchev–Trinajstić information content (AvgIpc) is 3.12. The first-order valence-corrected chi connectivity index (χ1v) is 10.1. The largest absolute Gasteiger partial charge is 0.490 e. The van der Waals surface area contributed by atoms with E-state index >= 15 is 0 Å². The zero-order valence-corrected chi connectivity index (χ0v) is 17.2. The molecule has 2 aromatic rings. The molecule has 0 aliphatic carbocycles. The molecule has 0 bridgehead atoms. The Morgan fingerprint density at radius 2 is 1.79 bits per heavy atom. The lowest BCUT2D eigenvalue weighted by molar-refractivity contribution is -0.126. The number of hydrogen-bond donors (Lipinski definition) is 1. The van der Waals surface area contributed by atoms with E-state index in [1.807, 2.05) is 69.3 Å². The van der Waals surface area contributed by atoms with E-state index in [2.05, 4.69) is 5.32 Å². The molecule has 0 saturated carbocycles. The Kier molecular flexibility index (Phi) is 6.75. The van der Waals surface area contributed by atoms with Crippen LogP contribution in [0.3, 0.4) is 0 Å². The van der Waals surface area contributed by atoms with Gasteiger partial charge in [-0.25, -0.2) is 0 Å². The molecule has 2 amide bonds. The molecule has 1 aliphatic rings. The number of rotatable bonds is 8. The zero-order valence-electron chi connectivity index (χ0n) is 17.2. The lowest BCUT2D eigenvalue weighted by atomic mass is 10.0. The van der Waals surface area contributed by atoms with E-state index in [0.717, 1.165) is 11.3 Å². The fraction of sp³-hybridized carbons (Fsp3) is 0.391. The number of anilines is 1. The minimum Gasteiger partial charge on any atom is -0.490 e. The zero-order chi connectivity index (χ0) is 20.8. The lowest BCUT2D eigenvalue weighted by Gasteiger charge is -2.20. The molecule has 0 radical (unpaired) electrons. The van der Waals surface area contributed by atoms with Gasteiger partial charge in [0.1, 0.15) is 0 Å². The number of ether oxygens (including phenoxy) is 2. The van der Waals surface area contributed by atoms with E-state index in [-0.39, 0.29) is 30.2 Å². The molecular formula is C23H28N2O4. The normalized spacial score (nSPS) is 17.1. The van der Waals surface area contributed by atoms with Gasteiger partial charge in [0.25, 0.3) is 0 Å². The van der Waals surface area contributed by atoms with Crippen molar-refractivity contribution in [1.29, 1.82) is 0 Å². The van der Waals surface area contributed by atoms with Gasteiger partial charge in [-0.3, -0.25) is 9.59 Å². The number of hydrogen-bond acceptors (Lipinski definition) is 4. The van der Waals surface area contributed by atoms with Gasteiger partial charge in [0.05, 0.1) is 25.2 Å². The molecule has 0 aromatic heterocycles. The minimum absolute atomic E-state index is 0.0243. The van der Waals surface area contributed by atoms with Gasteiger partial charge in [-0.1, -0.05) is 24.3 Å². The van der Waals surface area contributed by atoms with Crippen LogP contribution in [0.4, 0.5) is 5.69 Å². The van der Waals surface area contributed by atoms with Crippen molar-refractivity contribution in [3.63, 3.8) is 0 Å². The summed E-state index contributed by atoms with van der Waals surface area (Å²) in [6, 6.07) is 14.9. The number of nitrogens with one attached hydrogen (secondary N) is 1. The Hall–Kier alpha value is -3.02. The summed E-state index contributed by atoms with van der Waals surface area (Å²) in [5, 5.41) is 3.04. The summed E-state index contributed by atoms with van der Waals surface area (Å²) in [4.78, 5) is 26.8. The van der Waals surface area contributed by atoms with Crippen molar-refractivity contribution in [1.82, 2.24) is 5.32 Å². The highest BCUT2D eigenvalue weighted by Crippen LogP contribution is 2.31. The number of amides is 2. The second-order valence-corrected chi connectivity index (χ2v) is 7.04. The van der Waals surface area contributed by atoms with E-state index in [9.17, 15) is 9.59 Å². The van der Waals surface area contributed by atoms with E-state index in [4.69, 9.17) is 9.47 Å². The molecule has 1 heterocycles. The van der Waals surface area contributed by atoms with Crippen LogP contribution >= 0.6 is 0 Å². The molecule has 3 rings (SSSR count). The standard InChI is InChI=1S/C23H28N2O4/c1-4-28-20-12-11-17(13-21(20)29-5-2)16(3)24-23(27)18-14-22(26)25(15-18)19-9-7-6-8-10-19/h6-13,16,18H,4-5,14-15H2,1-3H3,(H,24,27). The molecule has 0 spiro atoms. The summed E-state index contributed by atoms with van der Waals surface area (Å²) < 4.78 is 11.3. The molecule has 6 nitrogen and oxygen atoms in total. The third-order valence-corrected chi connectivity index (χ3v) is 4.99. The fourth-order valence-corrected chi connectivity index (χ4v) is 3.49. The second-order valence-electron chi connectivity index (χ2n) is 7.04. The SMILES string of the molecule is CCOc1ccc(C(C)NC(=O)C2CC(=O)N(c3ccccc3)C2)cc1OCC. The maximum atomic E-state index is 12.8. The molecule has 6 heteroatoms. The van der Waals surface area contributed by atoms with Crippen LogP contribution < -0.4 is 19.7 Å². The predicted octanol–water partition coefficient (Wildman–Crippen LogP) is 3.71. The molecule has 1 fully saturated rings.